The lowest BCUT2D eigenvalue weighted by Gasteiger charge is -2.35. The summed E-state index contributed by atoms with van der Waals surface area (Å²) in [5, 5.41) is 10.6. The summed E-state index contributed by atoms with van der Waals surface area (Å²) in [6, 6.07) is 0. The minimum atomic E-state index is -1.97. The van der Waals surface area contributed by atoms with Crippen molar-refractivity contribution in [3.63, 3.8) is 0 Å². The Morgan fingerprint density at radius 2 is 2.11 bits per heavy atom. The van der Waals surface area contributed by atoms with Crippen LogP contribution in [0.4, 0.5) is 0 Å². The fourth-order valence-electron chi connectivity index (χ4n) is 3.54. The van der Waals surface area contributed by atoms with Crippen molar-refractivity contribution < 1.29 is 19.4 Å². The van der Waals surface area contributed by atoms with E-state index in [1.165, 1.54) is 12.2 Å². The maximum atomic E-state index is 12.3. The standard InChI is InChI=1S/C14H16O4/c1-4-5-8-6-10(15)13-7-9(13)12(2,3)18-14(13,17)11(8)16/h4-6,9,17H,7H2,1-3H3/b5-4+/t9-,13-,14-/m1/s1. The van der Waals surface area contributed by atoms with E-state index in [-0.39, 0.29) is 17.3 Å². The van der Waals surface area contributed by atoms with Gasteiger partial charge >= 0.3 is 0 Å². The number of aliphatic hydroxyl groups is 1. The van der Waals surface area contributed by atoms with Crippen LogP contribution in [0.3, 0.4) is 0 Å². The van der Waals surface area contributed by atoms with Gasteiger partial charge in [0.05, 0.1) is 5.60 Å². The van der Waals surface area contributed by atoms with Crippen molar-refractivity contribution in [3.8, 4) is 0 Å². The van der Waals surface area contributed by atoms with Crippen molar-refractivity contribution in [2.45, 2.75) is 38.6 Å². The van der Waals surface area contributed by atoms with E-state index in [1.807, 2.05) is 13.8 Å². The highest BCUT2D eigenvalue weighted by Gasteiger charge is 2.84. The van der Waals surface area contributed by atoms with E-state index in [2.05, 4.69) is 0 Å². The quantitative estimate of drug-likeness (QED) is 0.756. The minimum Gasteiger partial charge on any atom is -0.358 e. The molecule has 3 atom stereocenters. The van der Waals surface area contributed by atoms with Gasteiger partial charge in [0.2, 0.25) is 11.6 Å². The van der Waals surface area contributed by atoms with Crippen LogP contribution < -0.4 is 0 Å². The summed E-state index contributed by atoms with van der Waals surface area (Å²) >= 11 is 0. The Balaban J connectivity index is 2.15. The van der Waals surface area contributed by atoms with Crippen LogP contribution in [0.2, 0.25) is 0 Å². The summed E-state index contributed by atoms with van der Waals surface area (Å²) in [5.74, 6) is -2.72. The van der Waals surface area contributed by atoms with Gasteiger partial charge in [-0.1, -0.05) is 12.2 Å². The van der Waals surface area contributed by atoms with E-state index in [4.69, 9.17) is 4.74 Å². The van der Waals surface area contributed by atoms with E-state index < -0.39 is 22.6 Å². The number of allylic oxidation sites excluding steroid dienone is 3. The third-order valence-corrected chi connectivity index (χ3v) is 4.46. The number of rotatable bonds is 1. The molecule has 0 aromatic carbocycles. The summed E-state index contributed by atoms with van der Waals surface area (Å²) in [6.07, 6.45) is 5.09. The maximum Gasteiger partial charge on any atom is 0.245 e. The smallest absolute Gasteiger partial charge is 0.245 e. The molecule has 0 aromatic heterocycles. The number of ketones is 2. The zero-order valence-electron chi connectivity index (χ0n) is 10.7. The highest BCUT2D eigenvalue weighted by atomic mass is 16.7. The molecule has 4 heteroatoms. The summed E-state index contributed by atoms with van der Waals surface area (Å²) in [4.78, 5) is 24.6. The molecule has 1 aliphatic heterocycles. The van der Waals surface area contributed by atoms with Crippen LogP contribution in [0.25, 0.3) is 0 Å². The molecule has 0 bridgehead atoms. The molecule has 1 spiro atoms. The second kappa shape index (κ2) is 3.00. The summed E-state index contributed by atoms with van der Waals surface area (Å²) in [5.41, 5.74) is -1.45. The SMILES string of the molecule is C/C=C/C1=CC(=O)[C@@]23C[C@@H]2C(C)(C)O[C@]3(O)C1=O. The highest BCUT2D eigenvalue weighted by Crippen LogP contribution is 2.73. The molecule has 0 aromatic rings. The van der Waals surface area contributed by atoms with Crippen LogP contribution in [-0.4, -0.2) is 28.1 Å². The molecule has 96 valence electrons. The molecule has 3 aliphatic rings. The van der Waals surface area contributed by atoms with E-state index in [0.717, 1.165) is 0 Å². The van der Waals surface area contributed by atoms with Gasteiger partial charge in [-0.2, -0.15) is 0 Å². The molecule has 1 N–H and O–H groups in total. The summed E-state index contributed by atoms with van der Waals surface area (Å²) in [6.45, 7) is 5.39. The predicted octanol–water partition coefficient (Wildman–Crippen LogP) is 1.14. The summed E-state index contributed by atoms with van der Waals surface area (Å²) < 4.78 is 5.56. The van der Waals surface area contributed by atoms with Crippen LogP contribution in [0.15, 0.2) is 23.8 Å². The van der Waals surface area contributed by atoms with Crippen molar-refractivity contribution in [2.24, 2.45) is 11.3 Å². The predicted molar refractivity (Wildman–Crippen MR) is 63.6 cm³/mol. The number of carbonyl (C=O) groups excluding carboxylic acids is 2. The molecule has 3 rings (SSSR count). The maximum absolute atomic E-state index is 12.3. The van der Waals surface area contributed by atoms with Gasteiger partial charge in [-0.3, -0.25) is 9.59 Å². The molecule has 0 radical (unpaired) electrons. The molecule has 1 saturated carbocycles. The third kappa shape index (κ3) is 1.04. The lowest BCUT2D eigenvalue weighted by atomic mass is 9.77. The van der Waals surface area contributed by atoms with Crippen molar-refractivity contribution in [2.75, 3.05) is 0 Å². The lowest BCUT2D eigenvalue weighted by Crippen LogP contribution is -2.54. The van der Waals surface area contributed by atoms with Crippen LogP contribution in [-0.2, 0) is 14.3 Å². The number of carbonyl (C=O) groups is 2. The zero-order valence-corrected chi connectivity index (χ0v) is 10.7. The fraction of sp³-hybridized carbons (Fsp3) is 0.571. The lowest BCUT2D eigenvalue weighted by molar-refractivity contribution is -0.238. The molecule has 4 nitrogen and oxygen atoms in total. The van der Waals surface area contributed by atoms with E-state index in [1.54, 1.807) is 13.0 Å². The second-order valence-electron chi connectivity index (χ2n) is 5.87. The number of hydrogen-bond acceptors (Lipinski definition) is 4. The van der Waals surface area contributed by atoms with Crippen LogP contribution in [0.5, 0.6) is 0 Å². The van der Waals surface area contributed by atoms with Crippen molar-refractivity contribution in [3.05, 3.63) is 23.8 Å². The normalized spacial score (nSPS) is 44.9. The number of Topliss-reactive ketones (excluding diaryl/α,β-unsaturated/α-hetero) is 1. The van der Waals surface area contributed by atoms with Crippen LogP contribution in [0.1, 0.15) is 27.2 Å². The summed E-state index contributed by atoms with van der Waals surface area (Å²) in [7, 11) is 0. The van der Waals surface area contributed by atoms with Gasteiger partial charge in [0.1, 0.15) is 5.41 Å². The first-order valence-corrected chi connectivity index (χ1v) is 6.16. The molecule has 2 fully saturated rings. The fourth-order valence-corrected chi connectivity index (χ4v) is 3.54. The van der Waals surface area contributed by atoms with Crippen molar-refractivity contribution in [1.82, 2.24) is 0 Å². The van der Waals surface area contributed by atoms with Gasteiger partial charge in [-0.25, -0.2) is 0 Å². The van der Waals surface area contributed by atoms with E-state index >= 15 is 0 Å². The molecule has 18 heavy (non-hydrogen) atoms. The Hall–Kier alpha value is -1.26. The van der Waals surface area contributed by atoms with Gasteiger partial charge in [0.15, 0.2) is 5.78 Å². The Morgan fingerprint density at radius 3 is 2.67 bits per heavy atom. The number of ether oxygens (including phenoxy) is 1. The zero-order chi connectivity index (χ0) is 13.3. The number of hydrogen-bond donors (Lipinski definition) is 1. The van der Waals surface area contributed by atoms with Gasteiger partial charge in [0.25, 0.3) is 0 Å². The second-order valence-corrected chi connectivity index (χ2v) is 5.87. The monoisotopic (exact) mass is 248 g/mol. The molecular weight excluding hydrogens is 232 g/mol. The molecule has 1 saturated heterocycles. The van der Waals surface area contributed by atoms with Crippen LogP contribution in [0, 0.1) is 11.3 Å². The van der Waals surface area contributed by atoms with Gasteiger partial charge in [-0.05, 0) is 33.3 Å². The Bertz CT molecular complexity index is 528. The minimum absolute atomic E-state index is 0.0742. The Morgan fingerprint density at radius 1 is 1.44 bits per heavy atom. The molecule has 0 amide bonds. The van der Waals surface area contributed by atoms with Crippen molar-refractivity contribution in [1.29, 1.82) is 0 Å². The average Bonchev–Trinajstić information content (AvgIpc) is 2.98. The molecule has 2 aliphatic carbocycles. The van der Waals surface area contributed by atoms with Gasteiger partial charge in [-0.15, -0.1) is 0 Å². The molecule has 0 unspecified atom stereocenters. The van der Waals surface area contributed by atoms with Crippen molar-refractivity contribution >= 4 is 11.6 Å². The largest absolute Gasteiger partial charge is 0.358 e. The van der Waals surface area contributed by atoms with Gasteiger partial charge < -0.3 is 9.84 Å². The first-order valence-electron chi connectivity index (χ1n) is 6.16. The van der Waals surface area contributed by atoms with Gasteiger partial charge in [0, 0.05) is 11.5 Å². The first-order chi connectivity index (χ1) is 8.29. The first kappa shape index (κ1) is 11.8. The topological polar surface area (TPSA) is 63.6 Å². The third-order valence-electron chi connectivity index (χ3n) is 4.46. The van der Waals surface area contributed by atoms with E-state index in [9.17, 15) is 14.7 Å². The Kier molecular flexibility index (Phi) is 1.97. The molecule has 1 heterocycles. The van der Waals surface area contributed by atoms with Crippen LogP contribution >= 0.6 is 0 Å². The molecular formula is C14H16O4. The average molecular weight is 248 g/mol. The Labute approximate surface area is 105 Å². The highest BCUT2D eigenvalue weighted by molar-refractivity contribution is 6.18. The van der Waals surface area contributed by atoms with E-state index in [0.29, 0.717) is 6.42 Å².